The average molecular weight is 215 g/mol. The maximum atomic E-state index is 11.0. The fourth-order valence-electron chi connectivity index (χ4n) is 0.861. The van der Waals surface area contributed by atoms with Gasteiger partial charge in [-0.1, -0.05) is 19.9 Å². The molecule has 88 valence electrons. The van der Waals surface area contributed by atoms with Gasteiger partial charge in [-0.15, -0.1) is 6.58 Å². The van der Waals surface area contributed by atoms with Gasteiger partial charge in [0.05, 0.1) is 13.2 Å². The van der Waals surface area contributed by atoms with Crippen molar-refractivity contribution in [3.8, 4) is 0 Å². The zero-order valence-electron chi connectivity index (χ0n) is 9.62. The van der Waals surface area contributed by atoms with Crippen LogP contribution in [0.5, 0.6) is 0 Å². The van der Waals surface area contributed by atoms with Crippen LogP contribution in [0, 0.1) is 5.92 Å². The van der Waals surface area contributed by atoms with E-state index in [2.05, 4.69) is 25.7 Å². The van der Waals surface area contributed by atoms with E-state index >= 15 is 0 Å². The number of hydrogen-bond donors (Lipinski definition) is 1. The molecule has 0 saturated heterocycles. The van der Waals surface area contributed by atoms with Gasteiger partial charge in [0, 0.05) is 13.2 Å². The van der Waals surface area contributed by atoms with Gasteiger partial charge in [-0.3, -0.25) is 4.79 Å². The summed E-state index contributed by atoms with van der Waals surface area (Å²) in [6, 6.07) is 0. The molecule has 0 fully saturated rings. The second-order valence-corrected chi connectivity index (χ2v) is 3.61. The van der Waals surface area contributed by atoms with E-state index in [1.165, 1.54) is 0 Å². The third-order valence-electron chi connectivity index (χ3n) is 1.50. The number of nitrogens with one attached hydrogen (secondary N) is 1. The smallest absolute Gasteiger partial charge is 0.320 e. The minimum atomic E-state index is -0.259. The molecule has 0 saturated carbocycles. The molecule has 0 aliphatic rings. The molecule has 0 atom stereocenters. The Morgan fingerprint density at radius 1 is 1.47 bits per heavy atom. The molecule has 0 amide bonds. The van der Waals surface area contributed by atoms with Crippen molar-refractivity contribution in [3.05, 3.63) is 12.7 Å². The lowest BCUT2D eigenvalue weighted by atomic mass is 10.2. The molecule has 0 bridgehead atoms. The fourth-order valence-corrected chi connectivity index (χ4v) is 0.861. The minimum Gasteiger partial charge on any atom is -0.462 e. The maximum absolute atomic E-state index is 11.0. The van der Waals surface area contributed by atoms with E-state index in [0.29, 0.717) is 32.3 Å². The molecule has 0 aromatic rings. The first-order valence-corrected chi connectivity index (χ1v) is 5.21. The topological polar surface area (TPSA) is 47.6 Å². The molecule has 0 aromatic carbocycles. The summed E-state index contributed by atoms with van der Waals surface area (Å²) in [7, 11) is 0. The number of carbonyl (C=O) groups excluding carboxylic acids is 1. The van der Waals surface area contributed by atoms with E-state index in [1.54, 1.807) is 6.08 Å². The van der Waals surface area contributed by atoms with E-state index in [-0.39, 0.29) is 12.5 Å². The Hall–Kier alpha value is -0.870. The Morgan fingerprint density at radius 2 is 2.20 bits per heavy atom. The number of ether oxygens (including phenoxy) is 2. The van der Waals surface area contributed by atoms with Crippen LogP contribution in [-0.2, 0) is 14.3 Å². The highest BCUT2D eigenvalue weighted by molar-refractivity contribution is 5.71. The first-order chi connectivity index (χ1) is 7.16. The normalized spacial score (nSPS) is 10.3. The van der Waals surface area contributed by atoms with Gasteiger partial charge in [0.2, 0.25) is 0 Å². The van der Waals surface area contributed by atoms with Gasteiger partial charge < -0.3 is 14.8 Å². The lowest BCUT2D eigenvalue weighted by Crippen LogP contribution is -2.25. The molecule has 0 rings (SSSR count). The van der Waals surface area contributed by atoms with Crippen LogP contribution in [-0.4, -0.2) is 38.9 Å². The van der Waals surface area contributed by atoms with Crippen LogP contribution in [0.4, 0.5) is 0 Å². The second-order valence-electron chi connectivity index (χ2n) is 3.61. The molecular formula is C11H21NO3. The highest BCUT2D eigenvalue weighted by Crippen LogP contribution is 1.91. The van der Waals surface area contributed by atoms with Gasteiger partial charge in [0.25, 0.3) is 0 Å². The summed E-state index contributed by atoms with van der Waals surface area (Å²) in [5.41, 5.74) is 0. The summed E-state index contributed by atoms with van der Waals surface area (Å²) in [5, 5.41) is 2.86. The van der Waals surface area contributed by atoms with Gasteiger partial charge >= 0.3 is 5.97 Å². The Balaban J connectivity index is 3.20. The molecule has 0 unspecified atom stereocenters. The van der Waals surface area contributed by atoms with Gasteiger partial charge in [-0.05, 0) is 5.92 Å². The first kappa shape index (κ1) is 14.1. The standard InChI is InChI=1S/C11H21NO3/c1-4-5-12-8-11(13)15-7-6-14-9-10(2)3/h4,10,12H,1,5-9H2,2-3H3. The van der Waals surface area contributed by atoms with E-state index in [1.807, 2.05) is 0 Å². The largest absolute Gasteiger partial charge is 0.462 e. The summed E-state index contributed by atoms with van der Waals surface area (Å²) in [6.07, 6.45) is 1.69. The fraction of sp³-hybridized carbons (Fsp3) is 0.727. The molecule has 0 heterocycles. The first-order valence-electron chi connectivity index (χ1n) is 5.21. The highest BCUT2D eigenvalue weighted by Gasteiger charge is 2.00. The second kappa shape index (κ2) is 9.68. The van der Waals surface area contributed by atoms with E-state index in [0.717, 1.165) is 0 Å². The number of esters is 1. The summed E-state index contributed by atoms with van der Waals surface area (Å²) < 4.78 is 10.2. The van der Waals surface area contributed by atoms with Crippen LogP contribution in [0.2, 0.25) is 0 Å². The third kappa shape index (κ3) is 11.1. The van der Waals surface area contributed by atoms with Crippen molar-refractivity contribution >= 4 is 5.97 Å². The molecule has 4 nitrogen and oxygen atoms in total. The van der Waals surface area contributed by atoms with Crippen molar-refractivity contribution in [1.82, 2.24) is 5.32 Å². The monoisotopic (exact) mass is 215 g/mol. The van der Waals surface area contributed by atoms with Crippen molar-refractivity contribution in [2.75, 3.05) is 32.9 Å². The Bertz CT molecular complexity index is 181. The van der Waals surface area contributed by atoms with Gasteiger partial charge in [-0.2, -0.15) is 0 Å². The van der Waals surface area contributed by atoms with Crippen molar-refractivity contribution in [2.24, 2.45) is 5.92 Å². The Morgan fingerprint density at radius 3 is 2.80 bits per heavy atom. The molecule has 0 radical (unpaired) electrons. The van der Waals surface area contributed by atoms with Crippen molar-refractivity contribution in [1.29, 1.82) is 0 Å². The summed E-state index contributed by atoms with van der Waals surface area (Å²) in [5.74, 6) is 0.250. The molecule has 0 aromatic heterocycles. The number of carbonyl (C=O) groups is 1. The van der Waals surface area contributed by atoms with Crippen LogP contribution in [0.3, 0.4) is 0 Å². The van der Waals surface area contributed by atoms with E-state index < -0.39 is 0 Å². The SMILES string of the molecule is C=CCNCC(=O)OCCOCC(C)C. The maximum Gasteiger partial charge on any atom is 0.320 e. The zero-order chi connectivity index (χ0) is 11.5. The van der Waals surface area contributed by atoms with Crippen LogP contribution in [0.15, 0.2) is 12.7 Å². The molecule has 15 heavy (non-hydrogen) atoms. The predicted molar refractivity (Wildman–Crippen MR) is 59.7 cm³/mol. The van der Waals surface area contributed by atoms with Crippen LogP contribution < -0.4 is 5.32 Å². The lowest BCUT2D eigenvalue weighted by Gasteiger charge is -2.07. The molecule has 0 aliphatic heterocycles. The molecule has 0 aliphatic carbocycles. The van der Waals surface area contributed by atoms with Crippen LogP contribution in [0.25, 0.3) is 0 Å². The quantitative estimate of drug-likeness (QED) is 0.354. The number of hydrogen-bond acceptors (Lipinski definition) is 4. The van der Waals surface area contributed by atoms with E-state index in [4.69, 9.17) is 9.47 Å². The lowest BCUT2D eigenvalue weighted by molar-refractivity contribution is -0.144. The summed E-state index contributed by atoms with van der Waals surface area (Å²) >= 11 is 0. The van der Waals surface area contributed by atoms with Crippen LogP contribution >= 0.6 is 0 Å². The Labute approximate surface area is 91.6 Å². The minimum absolute atomic E-state index is 0.218. The van der Waals surface area contributed by atoms with Crippen LogP contribution in [0.1, 0.15) is 13.8 Å². The molecule has 0 spiro atoms. The molecule has 1 N–H and O–H groups in total. The van der Waals surface area contributed by atoms with Crippen molar-refractivity contribution in [3.63, 3.8) is 0 Å². The Kier molecular flexibility index (Phi) is 9.11. The summed E-state index contributed by atoms with van der Waals surface area (Å²) in [6.45, 7) is 9.99. The van der Waals surface area contributed by atoms with Crippen molar-refractivity contribution in [2.45, 2.75) is 13.8 Å². The number of rotatable bonds is 9. The van der Waals surface area contributed by atoms with E-state index in [9.17, 15) is 4.79 Å². The van der Waals surface area contributed by atoms with Gasteiger partial charge in [0.1, 0.15) is 6.61 Å². The highest BCUT2D eigenvalue weighted by atomic mass is 16.6. The van der Waals surface area contributed by atoms with Gasteiger partial charge in [0.15, 0.2) is 0 Å². The molecule has 4 heteroatoms. The average Bonchev–Trinajstić information content (AvgIpc) is 2.17. The van der Waals surface area contributed by atoms with Crippen molar-refractivity contribution < 1.29 is 14.3 Å². The summed E-state index contributed by atoms with van der Waals surface area (Å²) in [4.78, 5) is 11.0. The molecular weight excluding hydrogens is 194 g/mol. The zero-order valence-corrected chi connectivity index (χ0v) is 9.62. The van der Waals surface area contributed by atoms with Gasteiger partial charge in [-0.25, -0.2) is 0 Å². The third-order valence-corrected chi connectivity index (χ3v) is 1.50. The predicted octanol–water partition coefficient (Wildman–Crippen LogP) is 0.978.